The molecule has 1 aromatic rings. The van der Waals surface area contributed by atoms with Crippen LogP contribution in [0.1, 0.15) is 57.6 Å². The molecule has 1 heterocycles. The third-order valence-electron chi connectivity index (χ3n) is 4.38. The first-order valence-corrected chi connectivity index (χ1v) is 8.12. The van der Waals surface area contributed by atoms with Gasteiger partial charge in [-0.05, 0) is 56.8 Å². The van der Waals surface area contributed by atoms with Crippen molar-refractivity contribution >= 4 is 0 Å². The average molecular weight is 274 g/mol. The fourth-order valence-corrected chi connectivity index (χ4v) is 2.94. The highest BCUT2D eigenvalue weighted by Crippen LogP contribution is 2.16. The van der Waals surface area contributed by atoms with Gasteiger partial charge in [0.1, 0.15) is 0 Å². The summed E-state index contributed by atoms with van der Waals surface area (Å²) in [5, 5.41) is 3.66. The van der Waals surface area contributed by atoms with Crippen molar-refractivity contribution in [1.82, 2.24) is 10.2 Å². The Balaban J connectivity index is 1.93. The molecular formula is C18H30N2. The molecule has 1 saturated heterocycles. The molecule has 1 aromatic carbocycles. The topological polar surface area (TPSA) is 15.3 Å². The highest BCUT2D eigenvalue weighted by molar-refractivity contribution is 5.24. The van der Waals surface area contributed by atoms with Gasteiger partial charge in [-0.25, -0.2) is 0 Å². The van der Waals surface area contributed by atoms with Crippen LogP contribution in [0.25, 0.3) is 0 Å². The Morgan fingerprint density at radius 3 is 2.10 bits per heavy atom. The number of hydrogen-bond acceptors (Lipinski definition) is 2. The van der Waals surface area contributed by atoms with Gasteiger partial charge in [0, 0.05) is 18.6 Å². The maximum absolute atomic E-state index is 3.66. The van der Waals surface area contributed by atoms with Crippen LogP contribution in [0.15, 0.2) is 24.3 Å². The van der Waals surface area contributed by atoms with Crippen LogP contribution in [0.3, 0.4) is 0 Å². The monoisotopic (exact) mass is 274 g/mol. The molecule has 1 aliphatic heterocycles. The number of nitrogens with one attached hydrogen (secondary N) is 1. The van der Waals surface area contributed by atoms with Crippen LogP contribution >= 0.6 is 0 Å². The van der Waals surface area contributed by atoms with E-state index in [1.165, 1.54) is 37.1 Å². The van der Waals surface area contributed by atoms with E-state index in [1.807, 2.05) is 0 Å². The van der Waals surface area contributed by atoms with Crippen LogP contribution in [0, 0.1) is 0 Å². The molecule has 0 spiro atoms. The number of nitrogens with zero attached hydrogens (tertiary/aromatic N) is 1. The van der Waals surface area contributed by atoms with E-state index in [1.54, 1.807) is 0 Å². The van der Waals surface area contributed by atoms with Crippen LogP contribution in [-0.4, -0.2) is 30.1 Å². The number of hydrogen-bond donors (Lipinski definition) is 1. The van der Waals surface area contributed by atoms with E-state index in [-0.39, 0.29) is 0 Å². The SMILES string of the molecule is CC1CCN(Cc2ccc(C(C)C)cc2)CCC(C)N1. The molecule has 0 bridgehead atoms. The zero-order valence-electron chi connectivity index (χ0n) is 13.5. The van der Waals surface area contributed by atoms with E-state index in [9.17, 15) is 0 Å². The zero-order valence-corrected chi connectivity index (χ0v) is 13.5. The van der Waals surface area contributed by atoms with Crippen molar-refractivity contribution in [3.05, 3.63) is 35.4 Å². The zero-order chi connectivity index (χ0) is 14.5. The first-order chi connectivity index (χ1) is 9.54. The summed E-state index contributed by atoms with van der Waals surface area (Å²) >= 11 is 0. The standard InChI is InChI=1S/C18H30N2/c1-14(2)18-7-5-17(6-8-18)13-20-11-9-15(3)19-16(4)10-12-20/h5-8,14-16,19H,9-13H2,1-4H3. The highest BCUT2D eigenvalue weighted by Gasteiger charge is 2.15. The second kappa shape index (κ2) is 7.24. The molecular weight excluding hydrogens is 244 g/mol. The Morgan fingerprint density at radius 1 is 1.05 bits per heavy atom. The van der Waals surface area contributed by atoms with Gasteiger partial charge < -0.3 is 5.32 Å². The summed E-state index contributed by atoms with van der Waals surface area (Å²) in [6, 6.07) is 10.5. The van der Waals surface area contributed by atoms with Crippen molar-refractivity contribution in [3.63, 3.8) is 0 Å². The first-order valence-electron chi connectivity index (χ1n) is 8.12. The third kappa shape index (κ3) is 4.60. The lowest BCUT2D eigenvalue weighted by molar-refractivity contribution is 0.212. The Labute approximate surface area is 124 Å². The molecule has 2 nitrogen and oxygen atoms in total. The predicted octanol–water partition coefficient (Wildman–Crippen LogP) is 3.77. The summed E-state index contributed by atoms with van der Waals surface area (Å²) in [4.78, 5) is 2.61. The normalized spacial score (nSPS) is 25.4. The Morgan fingerprint density at radius 2 is 1.60 bits per heavy atom. The van der Waals surface area contributed by atoms with E-state index in [0.29, 0.717) is 18.0 Å². The second-order valence-electron chi connectivity index (χ2n) is 6.72. The van der Waals surface area contributed by atoms with Gasteiger partial charge >= 0.3 is 0 Å². The number of benzene rings is 1. The highest BCUT2D eigenvalue weighted by atomic mass is 15.1. The Bertz CT molecular complexity index is 384. The van der Waals surface area contributed by atoms with Gasteiger partial charge in [0.25, 0.3) is 0 Å². The first kappa shape index (κ1) is 15.5. The molecule has 2 atom stereocenters. The van der Waals surface area contributed by atoms with E-state index in [2.05, 4.69) is 62.2 Å². The molecule has 112 valence electrons. The van der Waals surface area contributed by atoms with Gasteiger partial charge in [0.15, 0.2) is 0 Å². The fraction of sp³-hybridized carbons (Fsp3) is 0.667. The van der Waals surface area contributed by atoms with Gasteiger partial charge in [-0.3, -0.25) is 4.90 Å². The maximum Gasteiger partial charge on any atom is 0.0233 e. The molecule has 0 aliphatic carbocycles. The molecule has 0 aromatic heterocycles. The van der Waals surface area contributed by atoms with E-state index in [4.69, 9.17) is 0 Å². The fourth-order valence-electron chi connectivity index (χ4n) is 2.94. The minimum atomic E-state index is 0.624. The van der Waals surface area contributed by atoms with Crippen LogP contribution in [-0.2, 0) is 6.54 Å². The largest absolute Gasteiger partial charge is 0.312 e. The Kier molecular flexibility index (Phi) is 5.62. The molecule has 0 amide bonds. The summed E-state index contributed by atoms with van der Waals surface area (Å²) in [6.07, 6.45) is 2.49. The molecule has 1 aliphatic rings. The molecule has 2 rings (SSSR count). The predicted molar refractivity (Wildman–Crippen MR) is 87.1 cm³/mol. The summed E-state index contributed by atoms with van der Waals surface area (Å²) in [6.45, 7) is 12.6. The molecule has 1 fully saturated rings. The van der Waals surface area contributed by atoms with Crippen molar-refractivity contribution in [2.45, 2.75) is 65.1 Å². The van der Waals surface area contributed by atoms with Crippen LogP contribution < -0.4 is 5.32 Å². The minimum Gasteiger partial charge on any atom is -0.312 e. The van der Waals surface area contributed by atoms with Crippen LogP contribution in [0.4, 0.5) is 0 Å². The molecule has 0 radical (unpaired) electrons. The second-order valence-corrected chi connectivity index (χ2v) is 6.72. The van der Waals surface area contributed by atoms with Crippen LogP contribution in [0.2, 0.25) is 0 Å². The summed E-state index contributed by atoms with van der Waals surface area (Å²) < 4.78 is 0. The van der Waals surface area contributed by atoms with Gasteiger partial charge in [-0.1, -0.05) is 38.1 Å². The van der Waals surface area contributed by atoms with Crippen LogP contribution in [0.5, 0.6) is 0 Å². The lowest BCUT2D eigenvalue weighted by atomic mass is 10.0. The number of rotatable bonds is 3. The van der Waals surface area contributed by atoms with Gasteiger partial charge in [-0.15, -0.1) is 0 Å². The molecule has 2 unspecified atom stereocenters. The molecule has 2 heteroatoms. The van der Waals surface area contributed by atoms with Gasteiger partial charge in [0.05, 0.1) is 0 Å². The smallest absolute Gasteiger partial charge is 0.0233 e. The summed E-state index contributed by atoms with van der Waals surface area (Å²) in [7, 11) is 0. The lowest BCUT2D eigenvalue weighted by Gasteiger charge is -2.31. The Hall–Kier alpha value is -0.860. The quantitative estimate of drug-likeness (QED) is 0.902. The van der Waals surface area contributed by atoms with Gasteiger partial charge in [0.2, 0.25) is 0 Å². The maximum atomic E-state index is 3.66. The van der Waals surface area contributed by atoms with Crippen molar-refractivity contribution < 1.29 is 0 Å². The van der Waals surface area contributed by atoms with Gasteiger partial charge in [-0.2, -0.15) is 0 Å². The minimum absolute atomic E-state index is 0.624. The van der Waals surface area contributed by atoms with Crippen molar-refractivity contribution in [2.24, 2.45) is 0 Å². The molecule has 20 heavy (non-hydrogen) atoms. The molecule has 1 N–H and O–H groups in total. The van der Waals surface area contributed by atoms with E-state index in [0.717, 1.165) is 6.54 Å². The van der Waals surface area contributed by atoms with Crippen molar-refractivity contribution in [3.8, 4) is 0 Å². The van der Waals surface area contributed by atoms with Crippen molar-refractivity contribution in [2.75, 3.05) is 13.1 Å². The van der Waals surface area contributed by atoms with E-state index < -0.39 is 0 Å². The van der Waals surface area contributed by atoms with E-state index >= 15 is 0 Å². The summed E-state index contributed by atoms with van der Waals surface area (Å²) in [5.74, 6) is 0.624. The average Bonchev–Trinajstić information content (AvgIpc) is 2.41. The lowest BCUT2D eigenvalue weighted by Crippen LogP contribution is -2.42. The summed E-state index contributed by atoms with van der Waals surface area (Å²) in [5.41, 5.74) is 2.89. The molecule has 0 saturated carbocycles. The third-order valence-corrected chi connectivity index (χ3v) is 4.38. The van der Waals surface area contributed by atoms with Crippen molar-refractivity contribution in [1.29, 1.82) is 0 Å².